The molecular formula is C20H24N4O2. The van der Waals surface area contributed by atoms with Crippen LogP contribution in [0.4, 0.5) is 0 Å². The van der Waals surface area contributed by atoms with Crippen molar-refractivity contribution in [2.24, 2.45) is 0 Å². The molecule has 2 amide bonds. The van der Waals surface area contributed by atoms with Crippen molar-refractivity contribution in [3.05, 3.63) is 66.0 Å². The third kappa shape index (κ3) is 4.46. The second kappa shape index (κ2) is 8.58. The first-order valence-corrected chi connectivity index (χ1v) is 8.90. The van der Waals surface area contributed by atoms with Gasteiger partial charge >= 0.3 is 0 Å². The Labute approximate surface area is 153 Å². The molecule has 1 unspecified atom stereocenters. The lowest BCUT2D eigenvalue weighted by Crippen LogP contribution is -2.51. The first kappa shape index (κ1) is 18.1. The van der Waals surface area contributed by atoms with Crippen LogP contribution >= 0.6 is 0 Å². The minimum Gasteiger partial charge on any atom is -0.343 e. The number of rotatable bonds is 5. The quantitative estimate of drug-likeness (QED) is 0.890. The number of benzene rings is 1. The summed E-state index contributed by atoms with van der Waals surface area (Å²) in [5, 5.41) is 2.68. The van der Waals surface area contributed by atoms with Crippen LogP contribution in [0.3, 0.4) is 0 Å². The van der Waals surface area contributed by atoms with Gasteiger partial charge in [0.15, 0.2) is 0 Å². The van der Waals surface area contributed by atoms with Crippen LogP contribution < -0.4 is 5.32 Å². The van der Waals surface area contributed by atoms with Gasteiger partial charge in [-0.25, -0.2) is 0 Å². The third-order valence-corrected chi connectivity index (χ3v) is 4.84. The zero-order valence-corrected chi connectivity index (χ0v) is 15.0. The lowest BCUT2D eigenvalue weighted by atomic mass is 10.1. The average molecular weight is 352 g/mol. The van der Waals surface area contributed by atoms with Crippen molar-refractivity contribution >= 4 is 11.8 Å². The van der Waals surface area contributed by atoms with E-state index in [0.29, 0.717) is 24.7 Å². The van der Waals surface area contributed by atoms with Crippen molar-refractivity contribution in [1.82, 2.24) is 20.1 Å². The van der Waals surface area contributed by atoms with E-state index in [1.165, 1.54) is 5.56 Å². The molecule has 1 aromatic heterocycles. The van der Waals surface area contributed by atoms with E-state index in [9.17, 15) is 9.59 Å². The zero-order valence-electron chi connectivity index (χ0n) is 15.0. The summed E-state index contributed by atoms with van der Waals surface area (Å²) < 4.78 is 0. The number of aromatic nitrogens is 1. The van der Waals surface area contributed by atoms with Crippen LogP contribution in [0.5, 0.6) is 0 Å². The molecule has 1 atom stereocenters. The van der Waals surface area contributed by atoms with Crippen molar-refractivity contribution in [3.63, 3.8) is 0 Å². The summed E-state index contributed by atoms with van der Waals surface area (Å²) in [5.74, 6) is -0.295. The summed E-state index contributed by atoms with van der Waals surface area (Å²) in [6, 6.07) is 14.0. The SMILES string of the molecule is CC(c1ccccc1)N1CCN(C(=O)CNC(=O)c2ccncc2)CC1. The Morgan fingerprint density at radius 2 is 1.69 bits per heavy atom. The molecule has 0 radical (unpaired) electrons. The minimum atomic E-state index is -0.253. The lowest BCUT2D eigenvalue weighted by Gasteiger charge is -2.38. The van der Waals surface area contributed by atoms with Crippen LogP contribution in [0.1, 0.15) is 28.9 Å². The predicted octanol–water partition coefficient (Wildman–Crippen LogP) is 1.72. The van der Waals surface area contributed by atoms with E-state index >= 15 is 0 Å². The molecule has 0 saturated carbocycles. The molecule has 2 heterocycles. The fraction of sp³-hybridized carbons (Fsp3) is 0.350. The third-order valence-electron chi connectivity index (χ3n) is 4.84. The number of carbonyl (C=O) groups is 2. The van der Waals surface area contributed by atoms with Crippen molar-refractivity contribution in [2.45, 2.75) is 13.0 Å². The molecule has 1 N–H and O–H groups in total. The average Bonchev–Trinajstić information content (AvgIpc) is 2.72. The Balaban J connectivity index is 1.46. The molecule has 3 rings (SSSR count). The standard InChI is InChI=1S/C20H24N4O2/c1-16(17-5-3-2-4-6-17)23-11-13-24(14-12-23)19(25)15-22-20(26)18-7-9-21-10-8-18/h2-10,16H,11-15H2,1H3,(H,22,26). The number of carbonyl (C=O) groups excluding carboxylic acids is 2. The summed E-state index contributed by atoms with van der Waals surface area (Å²) in [6.07, 6.45) is 3.12. The molecule has 1 aliphatic heterocycles. The first-order chi connectivity index (χ1) is 12.6. The highest BCUT2D eigenvalue weighted by molar-refractivity contribution is 5.96. The molecule has 6 nitrogen and oxygen atoms in total. The Morgan fingerprint density at radius 3 is 2.35 bits per heavy atom. The summed E-state index contributed by atoms with van der Waals surface area (Å²) in [6.45, 7) is 5.25. The van der Waals surface area contributed by atoms with Crippen LogP contribution in [0.15, 0.2) is 54.9 Å². The highest BCUT2D eigenvalue weighted by Gasteiger charge is 2.24. The van der Waals surface area contributed by atoms with Gasteiger partial charge < -0.3 is 10.2 Å². The van der Waals surface area contributed by atoms with E-state index in [0.717, 1.165) is 13.1 Å². The number of nitrogens with zero attached hydrogens (tertiary/aromatic N) is 3. The van der Waals surface area contributed by atoms with Gasteiger partial charge in [0.05, 0.1) is 6.54 Å². The molecule has 1 aromatic carbocycles. The Hall–Kier alpha value is -2.73. The minimum absolute atomic E-state index is 0.0232. The monoisotopic (exact) mass is 352 g/mol. The molecule has 0 spiro atoms. The summed E-state index contributed by atoms with van der Waals surface area (Å²) in [4.78, 5) is 32.5. The van der Waals surface area contributed by atoms with Crippen molar-refractivity contribution in [2.75, 3.05) is 32.7 Å². The second-order valence-electron chi connectivity index (χ2n) is 6.42. The number of hydrogen-bond acceptors (Lipinski definition) is 4. The maximum Gasteiger partial charge on any atom is 0.251 e. The van der Waals surface area contributed by atoms with Gasteiger partial charge in [0.2, 0.25) is 5.91 Å². The summed E-state index contributed by atoms with van der Waals surface area (Å²) >= 11 is 0. The molecule has 1 saturated heterocycles. The molecule has 1 aliphatic rings. The number of amides is 2. The molecule has 136 valence electrons. The van der Waals surface area contributed by atoms with E-state index in [4.69, 9.17) is 0 Å². The van der Waals surface area contributed by atoms with Gasteiger partial charge in [-0.15, -0.1) is 0 Å². The summed E-state index contributed by atoms with van der Waals surface area (Å²) in [5.41, 5.74) is 1.80. The lowest BCUT2D eigenvalue weighted by molar-refractivity contribution is -0.132. The van der Waals surface area contributed by atoms with Crippen LogP contribution in [0.2, 0.25) is 0 Å². The predicted molar refractivity (Wildman–Crippen MR) is 99.6 cm³/mol. The second-order valence-corrected chi connectivity index (χ2v) is 6.42. The number of hydrogen-bond donors (Lipinski definition) is 1. The highest BCUT2D eigenvalue weighted by Crippen LogP contribution is 2.21. The van der Waals surface area contributed by atoms with Gasteiger partial charge in [-0.3, -0.25) is 19.5 Å². The van der Waals surface area contributed by atoms with Crippen molar-refractivity contribution in [1.29, 1.82) is 0 Å². The molecule has 2 aromatic rings. The largest absolute Gasteiger partial charge is 0.343 e. The van der Waals surface area contributed by atoms with Crippen molar-refractivity contribution < 1.29 is 9.59 Å². The highest BCUT2D eigenvalue weighted by atomic mass is 16.2. The maximum absolute atomic E-state index is 12.4. The van der Waals surface area contributed by atoms with Crippen LogP contribution in [-0.4, -0.2) is 59.3 Å². The van der Waals surface area contributed by atoms with E-state index in [1.54, 1.807) is 24.5 Å². The Bertz CT molecular complexity index is 728. The smallest absolute Gasteiger partial charge is 0.251 e. The Kier molecular flexibility index (Phi) is 5.96. The fourth-order valence-corrected chi connectivity index (χ4v) is 3.17. The van der Waals surface area contributed by atoms with E-state index in [-0.39, 0.29) is 18.4 Å². The van der Waals surface area contributed by atoms with E-state index < -0.39 is 0 Å². The van der Waals surface area contributed by atoms with Gasteiger partial charge in [0.1, 0.15) is 0 Å². The van der Waals surface area contributed by atoms with E-state index in [2.05, 4.69) is 46.4 Å². The van der Waals surface area contributed by atoms with E-state index in [1.807, 2.05) is 11.0 Å². The van der Waals surface area contributed by atoms with Crippen molar-refractivity contribution in [3.8, 4) is 0 Å². The van der Waals surface area contributed by atoms with Gasteiger partial charge in [0.25, 0.3) is 5.91 Å². The topological polar surface area (TPSA) is 65.5 Å². The number of pyridine rings is 1. The molecule has 0 aliphatic carbocycles. The Morgan fingerprint density at radius 1 is 1.04 bits per heavy atom. The normalized spacial score (nSPS) is 16.1. The van der Waals surface area contributed by atoms with Gasteiger partial charge in [-0.2, -0.15) is 0 Å². The molecule has 0 bridgehead atoms. The van der Waals surface area contributed by atoms with Crippen LogP contribution in [0.25, 0.3) is 0 Å². The molecule has 6 heteroatoms. The van der Waals surface area contributed by atoms with Gasteiger partial charge in [-0.05, 0) is 24.6 Å². The number of nitrogens with one attached hydrogen (secondary N) is 1. The molecule has 1 fully saturated rings. The fourth-order valence-electron chi connectivity index (χ4n) is 3.17. The van der Waals surface area contributed by atoms with Crippen LogP contribution in [-0.2, 0) is 4.79 Å². The molecule has 26 heavy (non-hydrogen) atoms. The van der Waals surface area contributed by atoms with Crippen LogP contribution in [0, 0.1) is 0 Å². The molecular weight excluding hydrogens is 328 g/mol. The summed E-state index contributed by atoms with van der Waals surface area (Å²) in [7, 11) is 0. The zero-order chi connectivity index (χ0) is 18.4. The maximum atomic E-state index is 12.4. The number of piperazine rings is 1. The van der Waals surface area contributed by atoms with Gasteiger partial charge in [-0.1, -0.05) is 30.3 Å². The van der Waals surface area contributed by atoms with Gasteiger partial charge in [0, 0.05) is 50.2 Å². The first-order valence-electron chi connectivity index (χ1n) is 8.90.